The zero-order valence-electron chi connectivity index (χ0n) is 13.4. The van der Waals surface area contributed by atoms with E-state index in [0.29, 0.717) is 17.4 Å². The topological polar surface area (TPSA) is 12.0 Å². The van der Waals surface area contributed by atoms with Crippen LogP contribution in [0, 0.1) is 17.2 Å². The van der Waals surface area contributed by atoms with E-state index >= 15 is 0 Å². The average Bonchev–Trinajstić information content (AvgIpc) is 2.41. The van der Waals surface area contributed by atoms with Crippen molar-refractivity contribution in [1.82, 2.24) is 5.32 Å². The molecule has 0 amide bonds. The van der Waals surface area contributed by atoms with Crippen LogP contribution in [0.4, 0.5) is 4.39 Å². The first-order valence-electron chi connectivity index (χ1n) is 8.11. The van der Waals surface area contributed by atoms with Crippen LogP contribution in [0.5, 0.6) is 0 Å². The van der Waals surface area contributed by atoms with Gasteiger partial charge in [0.2, 0.25) is 0 Å². The summed E-state index contributed by atoms with van der Waals surface area (Å²) in [4.78, 5) is 0. The van der Waals surface area contributed by atoms with Gasteiger partial charge in [0.1, 0.15) is 5.82 Å². The Morgan fingerprint density at radius 3 is 2.76 bits per heavy atom. The smallest absolute Gasteiger partial charge is 0.127 e. The minimum Gasteiger partial charge on any atom is -0.314 e. The quantitative estimate of drug-likeness (QED) is 0.752. The van der Waals surface area contributed by atoms with Crippen molar-refractivity contribution in [3.8, 4) is 0 Å². The molecule has 0 aromatic heterocycles. The van der Waals surface area contributed by atoms with Crippen molar-refractivity contribution in [2.45, 2.75) is 58.9 Å². The third-order valence-corrected chi connectivity index (χ3v) is 5.49. The largest absolute Gasteiger partial charge is 0.314 e. The molecule has 1 N–H and O–H groups in total. The average molecular weight is 356 g/mol. The van der Waals surface area contributed by atoms with Gasteiger partial charge < -0.3 is 5.32 Å². The monoisotopic (exact) mass is 355 g/mol. The molecule has 3 heteroatoms. The van der Waals surface area contributed by atoms with Crippen LogP contribution < -0.4 is 5.32 Å². The highest BCUT2D eigenvalue weighted by Gasteiger charge is 2.37. The lowest BCUT2D eigenvalue weighted by Gasteiger charge is -2.43. The van der Waals surface area contributed by atoms with E-state index in [1.165, 1.54) is 25.7 Å². The van der Waals surface area contributed by atoms with Crippen LogP contribution >= 0.6 is 15.9 Å². The third kappa shape index (κ3) is 4.29. The molecule has 0 spiro atoms. The molecule has 21 heavy (non-hydrogen) atoms. The van der Waals surface area contributed by atoms with Gasteiger partial charge in [-0.25, -0.2) is 4.39 Å². The van der Waals surface area contributed by atoms with Crippen molar-refractivity contribution in [3.63, 3.8) is 0 Å². The second kappa shape index (κ2) is 7.23. The lowest BCUT2D eigenvalue weighted by atomic mass is 9.65. The molecule has 1 aliphatic carbocycles. The summed E-state index contributed by atoms with van der Waals surface area (Å²) in [6.07, 6.45) is 5.94. The molecule has 1 fully saturated rings. The lowest BCUT2D eigenvalue weighted by Crippen LogP contribution is -2.46. The summed E-state index contributed by atoms with van der Waals surface area (Å²) in [5.74, 6) is 0.523. The minimum absolute atomic E-state index is 0.0964. The number of nitrogens with one attached hydrogen (secondary N) is 1. The van der Waals surface area contributed by atoms with E-state index in [0.717, 1.165) is 23.0 Å². The van der Waals surface area contributed by atoms with E-state index in [9.17, 15) is 4.39 Å². The van der Waals surface area contributed by atoms with Crippen molar-refractivity contribution in [2.24, 2.45) is 11.3 Å². The molecule has 1 aliphatic rings. The summed E-state index contributed by atoms with van der Waals surface area (Å²) in [6, 6.07) is 5.79. The fourth-order valence-electron chi connectivity index (χ4n) is 3.81. The Morgan fingerprint density at radius 1 is 1.38 bits per heavy atom. The molecule has 1 saturated carbocycles. The molecule has 2 rings (SSSR count). The molecule has 2 atom stereocenters. The van der Waals surface area contributed by atoms with Crippen molar-refractivity contribution >= 4 is 15.9 Å². The molecule has 0 heterocycles. The van der Waals surface area contributed by atoms with Crippen molar-refractivity contribution in [1.29, 1.82) is 0 Å². The lowest BCUT2D eigenvalue weighted by molar-refractivity contribution is 0.0984. The normalized spacial score (nSPS) is 23.0. The fraction of sp³-hybridized carbons (Fsp3) is 0.667. The Bertz CT molecular complexity index is 472. The first kappa shape index (κ1) is 17.0. The molecule has 2 unspecified atom stereocenters. The van der Waals surface area contributed by atoms with Gasteiger partial charge in [-0.2, -0.15) is 0 Å². The highest BCUT2D eigenvalue weighted by Crippen LogP contribution is 2.43. The molecule has 0 aliphatic heterocycles. The summed E-state index contributed by atoms with van der Waals surface area (Å²) in [5.41, 5.74) is 1.17. The van der Waals surface area contributed by atoms with Gasteiger partial charge in [0.25, 0.3) is 0 Å². The van der Waals surface area contributed by atoms with Gasteiger partial charge in [0.05, 0.1) is 0 Å². The summed E-state index contributed by atoms with van der Waals surface area (Å²) >= 11 is 3.33. The zero-order chi connectivity index (χ0) is 15.5. The maximum Gasteiger partial charge on any atom is 0.127 e. The van der Waals surface area contributed by atoms with Crippen LogP contribution in [0.15, 0.2) is 22.7 Å². The van der Waals surface area contributed by atoms with Crippen molar-refractivity contribution in [3.05, 3.63) is 34.1 Å². The minimum atomic E-state index is -0.0964. The first-order chi connectivity index (χ1) is 9.94. The number of likely N-dealkylation sites (N-methyl/N-ethyl adjacent to an activating group) is 1. The summed E-state index contributed by atoms with van der Waals surface area (Å²) in [6.45, 7) is 7.83. The van der Waals surface area contributed by atoms with E-state index < -0.39 is 0 Å². The Labute approximate surface area is 136 Å². The predicted molar refractivity (Wildman–Crippen MR) is 91.0 cm³/mol. The van der Waals surface area contributed by atoms with Crippen LogP contribution in [0.1, 0.15) is 52.0 Å². The van der Waals surface area contributed by atoms with Gasteiger partial charge in [-0.15, -0.1) is 0 Å². The van der Waals surface area contributed by atoms with E-state index in [-0.39, 0.29) is 5.82 Å². The second-order valence-corrected chi connectivity index (χ2v) is 7.86. The number of halogens is 2. The molecular formula is C18H27BrFN. The molecule has 118 valence electrons. The molecule has 1 aromatic rings. The number of hydrogen-bond donors (Lipinski definition) is 1. The van der Waals surface area contributed by atoms with Crippen LogP contribution in [0.2, 0.25) is 0 Å². The van der Waals surface area contributed by atoms with Crippen molar-refractivity contribution < 1.29 is 4.39 Å². The van der Waals surface area contributed by atoms with Gasteiger partial charge in [-0.05, 0) is 54.8 Å². The van der Waals surface area contributed by atoms with Crippen molar-refractivity contribution in [2.75, 3.05) is 6.54 Å². The molecule has 1 nitrogen and oxygen atoms in total. The maximum atomic E-state index is 14.2. The summed E-state index contributed by atoms with van der Waals surface area (Å²) < 4.78 is 15.0. The molecule has 0 saturated heterocycles. The van der Waals surface area contributed by atoms with Gasteiger partial charge in [-0.3, -0.25) is 0 Å². The van der Waals surface area contributed by atoms with E-state index in [1.807, 2.05) is 12.1 Å². The Balaban J connectivity index is 2.18. The maximum absolute atomic E-state index is 14.2. The van der Waals surface area contributed by atoms with Gasteiger partial charge in [0, 0.05) is 10.5 Å². The summed E-state index contributed by atoms with van der Waals surface area (Å²) in [7, 11) is 0. The first-order valence-corrected chi connectivity index (χ1v) is 8.90. The second-order valence-electron chi connectivity index (χ2n) is 6.94. The van der Waals surface area contributed by atoms with Crippen LogP contribution in [0.25, 0.3) is 0 Å². The van der Waals surface area contributed by atoms with E-state index in [1.54, 1.807) is 6.07 Å². The standard InChI is InChI=1S/C18H27BrFN/c1-4-21-17(15-7-5-6-10-18(15,2)3)11-13-8-9-14(19)12-16(13)20/h8-9,12,15,17,21H,4-7,10-11H2,1-3H3. The number of hydrogen-bond acceptors (Lipinski definition) is 1. The molecule has 0 radical (unpaired) electrons. The summed E-state index contributed by atoms with van der Waals surface area (Å²) in [5, 5.41) is 3.62. The number of rotatable bonds is 5. The Morgan fingerprint density at radius 2 is 2.14 bits per heavy atom. The Kier molecular flexibility index (Phi) is 5.84. The zero-order valence-corrected chi connectivity index (χ0v) is 15.0. The van der Waals surface area contributed by atoms with Gasteiger partial charge in [-0.1, -0.05) is 55.6 Å². The SMILES string of the molecule is CCNC(Cc1ccc(Br)cc1F)C1CCCCC1(C)C. The molecular weight excluding hydrogens is 329 g/mol. The van der Waals surface area contributed by atoms with Crippen LogP contribution in [-0.2, 0) is 6.42 Å². The van der Waals surface area contributed by atoms with Crippen LogP contribution in [0.3, 0.4) is 0 Å². The highest BCUT2D eigenvalue weighted by atomic mass is 79.9. The fourth-order valence-corrected chi connectivity index (χ4v) is 4.14. The Hall–Kier alpha value is -0.410. The van der Waals surface area contributed by atoms with Crippen LogP contribution in [-0.4, -0.2) is 12.6 Å². The van der Waals surface area contributed by atoms with Gasteiger partial charge >= 0.3 is 0 Å². The molecule has 0 bridgehead atoms. The predicted octanol–water partition coefficient (Wildman–Crippen LogP) is 5.33. The highest BCUT2D eigenvalue weighted by molar-refractivity contribution is 9.10. The van der Waals surface area contributed by atoms with Gasteiger partial charge in [0.15, 0.2) is 0 Å². The van der Waals surface area contributed by atoms with E-state index in [4.69, 9.17) is 0 Å². The third-order valence-electron chi connectivity index (χ3n) is 5.00. The van der Waals surface area contributed by atoms with E-state index in [2.05, 4.69) is 42.0 Å². The molecule has 1 aromatic carbocycles. The number of benzene rings is 1.